The highest BCUT2D eigenvalue weighted by molar-refractivity contribution is 7.45. The zero-order chi connectivity index (χ0) is 43.6. The number of likely N-dealkylation sites (N-methyl/N-ethyl adjacent to an activating group) is 1. The molecule has 0 aliphatic carbocycles. The molecule has 59 heavy (non-hydrogen) atoms. The van der Waals surface area contributed by atoms with E-state index in [4.69, 9.17) is 9.05 Å². The second-order valence-electron chi connectivity index (χ2n) is 17.4. The van der Waals surface area contributed by atoms with E-state index in [1.54, 1.807) is 6.08 Å². The van der Waals surface area contributed by atoms with Crippen LogP contribution >= 0.6 is 7.82 Å². The number of amides is 1. The van der Waals surface area contributed by atoms with Crippen molar-refractivity contribution in [2.45, 2.75) is 212 Å². The van der Waals surface area contributed by atoms with Gasteiger partial charge in [0.05, 0.1) is 39.9 Å². The number of hydrogen-bond donors (Lipinski definition) is 2. The van der Waals surface area contributed by atoms with Gasteiger partial charge < -0.3 is 28.8 Å². The van der Waals surface area contributed by atoms with Crippen LogP contribution in [0.1, 0.15) is 200 Å². The number of rotatable bonds is 43. The molecule has 0 aliphatic heterocycles. The topological polar surface area (TPSA) is 108 Å². The van der Waals surface area contributed by atoms with Crippen molar-refractivity contribution in [1.29, 1.82) is 0 Å². The molecular weight excluding hydrogens is 756 g/mol. The van der Waals surface area contributed by atoms with Crippen LogP contribution in [0, 0.1) is 0 Å². The number of carbonyl (C=O) groups excluding carboxylic acids is 1. The van der Waals surface area contributed by atoms with Crippen LogP contribution in [0.2, 0.25) is 0 Å². The van der Waals surface area contributed by atoms with Crippen molar-refractivity contribution in [1.82, 2.24) is 5.32 Å². The van der Waals surface area contributed by atoms with Gasteiger partial charge in [-0.2, -0.15) is 0 Å². The molecule has 0 fully saturated rings. The van der Waals surface area contributed by atoms with Crippen molar-refractivity contribution in [3.63, 3.8) is 0 Å². The summed E-state index contributed by atoms with van der Waals surface area (Å²) in [5.74, 6) is -0.221. The summed E-state index contributed by atoms with van der Waals surface area (Å²) in [7, 11) is 1.22. The maximum atomic E-state index is 12.9. The van der Waals surface area contributed by atoms with Crippen LogP contribution in [0.5, 0.6) is 0 Å². The molecule has 2 N–H and O–H groups in total. The van der Waals surface area contributed by atoms with Gasteiger partial charge in [0.2, 0.25) is 5.91 Å². The third-order valence-corrected chi connectivity index (χ3v) is 11.4. The highest BCUT2D eigenvalue weighted by Crippen LogP contribution is 2.38. The Balaban J connectivity index is 4.38. The molecule has 0 heterocycles. The molecule has 0 aliphatic rings. The lowest BCUT2D eigenvalue weighted by Gasteiger charge is -2.29. The van der Waals surface area contributed by atoms with Gasteiger partial charge in [0.1, 0.15) is 13.2 Å². The van der Waals surface area contributed by atoms with Crippen LogP contribution in [-0.2, 0) is 18.4 Å². The molecular formula is C50H93N2O6P. The van der Waals surface area contributed by atoms with E-state index in [0.29, 0.717) is 17.4 Å². The first-order chi connectivity index (χ1) is 28.5. The first kappa shape index (κ1) is 57.2. The van der Waals surface area contributed by atoms with Gasteiger partial charge >= 0.3 is 0 Å². The molecule has 0 saturated heterocycles. The summed E-state index contributed by atoms with van der Waals surface area (Å²) in [5.41, 5.74) is 0. The van der Waals surface area contributed by atoms with E-state index in [2.05, 4.69) is 67.8 Å². The third kappa shape index (κ3) is 44.1. The number of quaternary nitrogens is 1. The van der Waals surface area contributed by atoms with Crippen LogP contribution in [0.3, 0.4) is 0 Å². The lowest BCUT2D eigenvalue weighted by molar-refractivity contribution is -0.870. The molecule has 0 bridgehead atoms. The summed E-state index contributed by atoms with van der Waals surface area (Å²) in [6, 6.07) is -0.915. The lowest BCUT2D eigenvalue weighted by Crippen LogP contribution is -2.45. The van der Waals surface area contributed by atoms with Crippen molar-refractivity contribution in [2.75, 3.05) is 40.9 Å². The van der Waals surface area contributed by atoms with Gasteiger partial charge in [0.25, 0.3) is 7.82 Å². The monoisotopic (exact) mass is 849 g/mol. The van der Waals surface area contributed by atoms with Crippen molar-refractivity contribution in [2.24, 2.45) is 0 Å². The van der Waals surface area contributed by atoms with E-state index < -0.39 is 26.6 Å². The van der Waals surface area contributed by atoms with Gasteiger partial charge in [-0.1, -0.05) is 177 Å². The highest BCUT2D eigenvalue weighted by atomic mass is 31.2. The second kappa shape index (κ2) is 41.5. The summed E-state index contributed by atoms with van der Waals surface area (Å²) < 4.78 is 23.2. The molecule has 1 amide bonds. The molecule has 0 aromatic carbocycles. The highest BCUT2D eigenvalue weighted by Gasteiger charge is 2.23. The van der Waals surface area contributed by atoms with Gasteiger partial charge in [0, 0.05) is 6.42 Å². The zero-order valence-corrected chi connectivity index (χ0v) is 39.8. The van der Waals surface area contributed by atoms with Gasteiger partial charge in [-0.15, -0.1) is 0 Å². The standard InChI is InChI=1S/C50H93N2O6P/c1-6-8-10-12-14-16-18-20-22-23-24-25-26-27-28-29-30-32-34-36-38-40-42-44-50(54)51-48(47-58-59(55,56)57-46-45-52(3,4)5)49(53)43-41-39-37-35-33-31-21-19-17-15-13-11-9-7-2/h17,19,24-25,27-28,33,35,41,43,48-49,53H,6-16,18,20-23,26,29-32,34,36-40,42,44-47H2,1-5H3,(H-,51,54,55,56)/b19-17+,25-24-,28-27-,35-33+,43-41+. The Morgan fingerprint density at radius 2 is 1.00 bits per heavy atom. The number of unbranched alkanes of at least 4 members (excludes halogenated alkanes) is 22. The largest absolute Gasteiger partial charge is 0.756 e. The van der Waals surface area contributed by atoms with Crippen LogP contribution in [0.15, 0.2) is 60.8 Å². The minimum Gasteiger partial charge on any atom is -0.756 e. The van der Waals surface area contributed by atoms with E-state index >= 15 is 0 Å². The van der Waals surface area contributed by atoms with E-state index in [1.165, 1.54) is 109 Å². The van der Waals surface area contributed by atoms with E-state index in [-0.39, 0.29) is 12.5 Å². The molecule has 0 spiro atoms. The van der Waals surface area contributed by atoms with Crippen molar-refractivity contribution in [3.05, 3.63) is 60.8 Å². The normalized spacial score (nSPS) is 14.8. The van der Waals surface area contributed by atoms with Gasteiger partial charge in [-0.3, -0.25) is 9.36 Å². The molecule has 344 valence electrons. The first-order valence-electron chi connectivity index (χ1n) is 24.2. The Bertz CT molecular complexity index is 1140. The summed E-state index contributed by atoms with van der Waals surface area (Å²) in [4.78, 5) is 25.3. The Morgan fingerprint density at radius 3 is 1.49 bits per heavy atom. The predicted octanol–water partition coefficient (Wildman–Crippen LogP) is 13.2. The molecule has 0 radical (unpaired) electrons. The molecule has 0 saturated carbocycles. The van der Waals surface area contributed by atoms with Gasteiger partial charge in [-0.05, 0) is 77.0 Å². The van der Waals surface area contributed by atoms with Crippen LogP contribution < -0.4 is 10.2 Å². The van der Waals surface area contributed by atoms with Crippen molar-refractivity contribution in [3.8, 4) is 0 Å². The minimum absolute atomic E-state index is 0.0129. The quantitative estimate of drug-likeness (QED) is 0.0274. The average molecular weight is 849 g/mol. The number of carbonyl (C=O) groups is 1. The summed E-state index contributed by atoms with van der Waals surface area (Å²) in [6.07, 6.45) is 54.2. The number of phosphoric ester groups is 1. The fourth-order valence-corrected chi connectivity index (χ4v) is 7.29. The maximum absolute atomic E-state index is 12.9. The molecule has 0 aromatic heterocycles. The number of allylic oxidation sites excluding steroid dienone is 9. The van der Waals surface area contributed by atoms with Crippen molar-refractivity contribution >= 4 is 13.7 Å². The number of nitrogens with zero attached hydrogens (tertiary/aromatic N) is 1. The number of phosphoric acid groups is 1. The molecule has 0 aromatic rings. The Hall–Kier alpha value is -1.80. The average Bonchev–Trinajstić information content (AvgIpc) is 3.19. The predicted molar refractivity (Wildman–Crippen MR) is 251 cm³/mol. The zero-order valence-electron chi connectivity index (χ0n) is 38.9. The molecule has 3 unspecified atom stereocenters. The SMILES string of the molecule is CCCCCC/C=C/CC/C=C/CC/C=C/C(O)C(COP(=O)([O-])OCC[N+](C)(C)C)NC(=O)CCCCCCCCC/C=C\C/C=C\CCCCCCCCCCC. The van der Waals surface area contributed by atoms with E-state index in [0.717, 1.165) is 70.6 Å². The molecule has 0 rings (SSSR count). The Kier molecular flexibility index (Phi) is 40.3. The fraction of sp³-hybridized carbons (Fsp3) is 0.780. The van der Waals surface area contributed by atoms with Crippen LogP contribution in [-0.4, -0.2) is 68.5 Å². The minimum atomic E-state index is -4.60. The molecule has 8 nitrogen and oxygen atoms in total. The Labute approximate surface area is 364 Å². The van der Waals surface area contributed by atoms with Crippen LogP contribution in [0.4, 0.5) is 0 Å². The summed E-state index contributed by atoms with van der Waals surface area (Å²) >= 11 is 0. The first-order valence-corrected chi connectivity index (χ1v) is 25.6. The fourth-order valence-electron chi connectivity index (χ4n) is 6.57. The second-order valence-corrected chi connectivity index (χ2v) is 18.8. The maximum Gasteiger partial charge on any atom is 0.268 e. The molecule has 9 heteroatoms. The lowest BCUT2D eigenvalue weighted by atomic mass is 10.1. The molecule has 3 atom stereocenters. The van der Waals surface area contributed by atoms with E-state index in [1.807, 2.05) is 27.2 Å². The van der Waals surface area contributed by atoms with Crippen molar-refractivity contribution < 1.29 is 32.9 Å². The number of aliphatic hydroxyl groups excluding tert-OH is 1. The number of nitrogens with one attached hydrogen (secondary N) is 1. The smallest absolute Gasteiger partial charge is 0.268 e. The number of aliphatic hydroxyl groups is 1. The van der Waals surface area contributed by atoms with Gasteiger partial charge in [0.15, 0.2) is 0 Å². The van der Waals surface area contributed by atoms with E-state index in [9.17, 15) is 19.4 Å². The summed E-state index contributed by atoms with van der Waals surface area (Å²) in [6.45, 7) is 4.58. The third-order valence-electron chi connectivity index (χ3n) is 10.4. The van der Waals surface area contributed by atoms with Crippen LogP contribution in [0.25, 0.3) is 0 Å². The van der Waals surface area contributed by atoms with Gasteiger partial charge in [-0.25, -0.2) is 0 Å². The Morgan fingerprint density at radius 1 is 0.593 bits per heavy atom. The summed E-state index contributed by atoms with van der Waals surface area (Å²) in [5, 5.41) is 13.8. The number of hydrogen-bond acceptors (Lipinski definition) is 6.